The lowest BCUT2D eigenvalue weighted by Crippen LogP contribution is -2.91. The molecule has 0 spiro atoms. The fourth-order valence-corrected chi connectivity index (χ4v) is 2.90. The molecule has 2 rings (SSSR count). The van der Waals surface area contributed by atoms with Crippen LogP contribution in [0.15, 0.2) is 22.8 Å². The summed E-state index contributed by atoms with van der Waals surface area (Å²) in [5.41, 5.74) is 2.21. The van der Waals surface area contributed by atoms with Crippen molar-refractivity contribution in [2.75, 3.05) is 6.61 Å². The number of H-pyrrole nitrogens is 1. The number of nitrogens with one attached hydrogen (secondary N) is 1. The molecule has 2 aromatic rings. The third-order valence-corrected chi connectivity index (χ3v) is 4.15. The molecular weight excluding hydrogens is 308 g/mol. The Bertz CT molecular complexity index is 716. The number of nitrogens with two attached hydrogens (primary N) is 1. The van der Waals surface area contributed by atoms with Gasteiger partial charge in [0, 0.05) is 5.69 Å². The van der Waals surface area contributed by atoms with Gasteiger partial charge in [-0.3, -0.25) is 4.79 Å². The van der Waals surface area contributed by atoms with Crippen LogP contribution in [-0.2, 0) is 4.74 Å². The van der Waals surface area contributed by atoms with Crippen molar-refractivity contribution in [3.8, 4) is 0 Å². The Morgan fingerprint density at radius 1 is 1.33 bits per heavy atom. The van der Waals surface area contributed by atoms with Crippen molar-refractivity contribution >= 4 is 11.8 Å². The molecule has 6 nitrogen and oxygen atoms in total. The number of hydrogen-bond acceptors (Lipinski definition) is 4. The number of esters is 1. The molecule has 0 fully saturated rings. The molecule has 0 amide bonds. The average Bonchev–Trinajstić information content (AvgIpc) is 3.15. The number of hydrogen-bond donors (Lipinski definition) is 2. The Morgan fingerprint density at radius 2 is 2.04 bits per heavy atom. The Morgan fingerprint density at radius 3 is 2.62 bits per heavy atom. The summed E-state index contributed by atoms with van der Waals surface area (Å²) in [6, 6.07) is 3.44. The maximum absolute atomic E-state index is 12.8. The maximum atomic E-state index is 12.8. The number of ether oxygens (including phenoxy) is 1. The number of furan rings is 1. The van der Waals surface area contributed by atoms with Crippen LogP contribution < -0.4 is 5.32 Å². The number of Topliss-reactive ketones (excluding diaryl/α,β-unsaturated/α-hetero) is 1. The van der Waals surface area contributed by atoms with Gasteiger partial charge in [-0.25, -0.2) is 4.79 Å². The highest BCUT2D eigenvalue weighted by Gasteiger charge is 2.28. The molecule has 2 atom stereocenters. The summed E-state index contributed by atoms with van der Waals surface area (Å²) < 4.78 is 10.4. The van der Waals surface area contributed by atoms with Gasteiger partial charge in [-0.2, -0.15) is 0 Å². The van der Waals surface area contributed by atoms with Crippen molar-refractivity contribution in [3.05, 3.63) is 46.7 Å². The zero-order chi connectivity index (χ0) is 17.9. The van der Waals surface area contributed by atoms with Crippen LogP contribution in [0.1, 0.15) is 64.7 Å². The standard InChI is InChI=1S/C18H24N2O4/c1-6-23-18(22)15-10(2)16(20-12(15)4)17(21)13(5)19-11(3)14-8-7-9-24-14/h7-9,11,13,19-20H,6H2,1-5H3/p+1/t11-,13-/m0/s1. The van der Waals surface area contributed by atoms with Crippen molar-refractivity contribution < 1.29 is 24.1 Å². The van der Waals surface area contributed by atoms with Gasteiger partial charge in [0.2, 0.25) is 5.78 Å². The number of rotatable bonds is 7. The monoisotopic (exact) mass is 333 g/mol. The summed E-state index contributed by atoms with van der Waals surface area (Å²) in [4.78, 5) is 27.9. The fourth-order valence-electron chi connectivity index (χ4n) is 2.90. The second-order valence-electron chi connectivity index (χ2n) is 5.99. The maximum Gasteiger partial charge on any atom is 0.340 e. The molecule has 0 unspecified atom stereocenters. The van der Waals surface area contributed by atoms with Gasteiger partial charge in [-0.05, 0) is 52.3 Å². The number of aryl methyl sites for hydroxylation is 1. The molecule has 2 heterocycles. The first kappa shape index (κ1) is 18.0. The van der Waals surface area contributed by atoms with Crippen molar-refractivity contribution in [2.24, 2.45) is 0 Å². The number of ketones is 1. The molecule has 0 aliphatic heterocycles. The van der Waals surface area contributed by atoms with E-state index in [1.165, 1.54) is 0 Å². The number of aromatic amines is 1. The molecule has 0 saturated heterocycles. The van der Waals surface area contributed by atoms with E-state index in [0.717, 1.165) is 5.76 Å². The molecular formula is C18H25N2O4+. The van der Waals surface area contributed by atoms with Crippen LogP contribution in [0.25, 0.3) is 0 Å². The van der Waals surface area contributed by atoms with Crippen molar-refractivity contribution in [1.82, 2.24) is 4.98 Å². The zero-order valence-corrected chi connectivity index (χ0v) is 14.8. The SMILES string of the molecule is CCOC(=O)c1c(C)[nH]c(C(=O)[C@H](C)[NH2+][C@@H](C)c2ccco2)c1C. The van der Waals surface area contributed by atoms with Crippen LogP contribution >= 0.6 is 0 Å². The summed E-state index contributed by atoms with van der Waals surface area (Å²) in [5.74, 6) is 0.370. The van der Waals surface area contributed by atoms with Crippen LogP contribution in [0.3, 0.4) is 0 Å². The van der Waals surface area contributed by atoms with Gasteiger partial charge < -0.3 is 19.5 Å². The van der Waals surface area contributed by atoms with E-state index in [0.29, 0.717) is 29.1 Å². The summed E-state index contributed by atoms with van der Waals surface area (Å²) in [5, 5.41) is 1.95. The molecule has 24 heavy (non-hydrogen) atoms. The van der Waals surface area contributed by atoms with E-state index < -0.39 is 5.97 Å². The number of carbonyl (C=O) groups excluding carboxylic acids is 2. The third kappa shape index (κ3) is 3.59. The minimum Gasteiger partial charge on any atom is -0.463 e. The van der Waals surface area contributed by atoms with Gasteiger partial charge in [0.1, 0.15) is 12.1 Å². The molecule has 0 bridgehead atoms. The average molecular weight is 333 g/mol. The molecule has 130 valence electrons. The Labute approximate surface area is 141 Å². The molecule has 6 heteroatoms. The van der Waals surface area contributed by atoms with E-state index in [4.69, 9.17) is 9.15 Å². The number of quaternary nitrogens is 1. The molecule has 3 N–H and O–H groups in total. The Kier molecular flexibility index (Phi) is 5.62. The van der Waals surface area contributed by atoms with E-state index in [1.807, 2.05) is 31.3 Å². The first-order valence-corrected chi connectivity index (χ1v) is 8.15. The normalized spacial score (nSPS) is 13.5. The van der Waals surface area contributed by atoms with Gasteiger partial charge in [0.15, 0.2) is 5.76 Å². The predicted molar refractivity (Wildman–Crippen MR) is 89.1 cm³/mol. The van der Waals surface area contributed by atoms with Crippen LogP contribution in [0.4, 0.5) is 0 Å². The topological polar surface area (TPSA) is 88.9 Å². The van der Waals surface area contributed by atoms with Gasteiger partial charge in [-0.1, -0.05) is 0 Å². The number of carbonyl (C=O) groups is 2. The van der Waals surface area contributed by atoms with E-state index in [9.17, 15) is 9.59 Å². The van der Waals surface area contributed by atoms with Crippen LogP contribution in [-0.4, -0.2) is 29.4 Å². The summed E-state index contributed by atoms with van der Waals surface area (Å²) in [7, 11) is 0. The van der Waals surface area contributed by atoms with Crippen LogP contribution in [0.2, 0.25) is 0 Å². The number of aromatic nitrogens is 1. The summed E-state index contributed by atoms with van der Waals surface area (Å²) in [6.45, 7) is 9.44. The summed E-state index contributed by atoms with van der Waals surface area (Å²) in [6.07, 6.45) is 1.62. The van der Waals surface area contributed by atoms with Crippen LogP contribution in [0.5, 0.6) is 0 Å². The third-order valence-electron chi connectivity index (χ3n) is 4.15. The highest BCUT2D eigenvalue weighted by Crippen LogP contribution is 2.20. The van der Waals surface area contributed by atoms with Crippen molar-refractivity contribution in [1.29, 1.82) is 0 Å². The highest BCUT2D eigenvalue weighted by molar-refractivity contribution is 6.03. The fraction of sp³-hybridized carbons (Fsp3) is 0.444. The largest absolute Gasteiger partial charge is 0.463 e. The van der Waals surface area contributed by atoms with Crippen molar-refractivity contribution in [2.45, 2.75) is 46.7 Å². The first-order chi connectivity index (χ1) is 11.4. The molecule has 0 saturated carbocycles. The minimum absolute atomic E-state index is 0.0276. The smallest absolute Gasteiger partial charge is 0.340 e. The predicted octanol–water partition coefficient (Wildman–Crippen LogP) is 2.30. The quantitative estimate of drug-likeness (QED) is 0.601. The van der Waals surface area contributed by atoms with E-state index in [1.54, 1.807) is 27.0 Å². The minimum atomic E-state index is -0.400. The molecule has 0 radical (unpaired) electrons. The highest BCUT2D eigenvalue weighted by atomic mass is 16.5. The van der Waals surface area contributed by atoms with Crippen molar-refractivity contribution in [3.63, 3.8) is 0 Å². The van der Waals surface area contributed by atoms with Gasteiger partial charge >= 0.3 is 5.97 Å². The molecule has 0 aliphatic rings. The second-order valence-corrected chi connectivity index (χ2v) is 5.99. The van der Waals surface area contributed by atoms with Gasteiger partial charge in [0.25, 0.3) is 0 Å². The molecule has 0 aliphatic carbocycles. The van der Waals surface area contributed by atoms with Crippen LogP contribution in [0, 0.1) is 13.8 Å². The lowest BCUT2D eigenvalue weighted by Gasteiger charge is -2.14. The lowest BCUT2D eigenvalue weighted by atomic mass is 10.0. The molecule has 0 aromatic carbocycles. The van der Waals surface area contributed by atoms with E-state index >= 15 is 0 Å². The second kappa shape index (κ2) is 7.49. The van der Waals surface area contributed by atoms with Gasteiger partial charge in [-0.15, -0.1) is 0 Å². The Hall–Kier alpha value is -2.34. The molecule has 2 aromatic heterocycles. The zero-order valence-electron chi connectivity index (χ0n) is 14.8. The van der Waals surface area contributed by atoms with E-state index in [2.05, 4.69) is 4.98 Å². The van der Waals surface area contributed by atoms with E-state index in [-0.39, 0.29) is 17.9 Å². The first-order valence-electron chi connectivity index (χ1n) is 8.15. The summed E-state index contributed by atoms with van der Waals surface area (Å²) >= 11 is 0. The lowest BCUT2D eigenvalue weighted by molar-refractivity contribution is -0.710. The Balaban J connectivity index is 2.17. The van der Waals surface area contributed by atoms with Gasteiger partial charge in [0.05, 0.1) is 24.1 Å².